The van der Waals surface area contributed by atoms with E-state index in [-0.39, 0.29) is 19.8 Å². The Morgan fingerprint density at radius 3 is 2.85 bits per heavy atom. The predicted molar refractivity (Wildman–Crippen MR) is 63.2 cm³/mol. The minimum atomic E-state index is -4.23. The van der Waals surface area contributed by atoms with Gasteiger partial charge in [0, 0.05) is 6.54 Å². The molecule has 11 heteroatoms. The Morgan fingerprint density at radius 2 is 2.25 bits per heavy atom. The van der Waals surface area contributed by atoms with Crippen molar-refractivity contribution in [3.8, 4) is 0 Å². The zero-order valence-corrected chi connectivity index (χ0v) is 11.0. The molecule has 20 heavy (non-hydrogen) atoms. The average molecular weight is 304 g/mol. The van der Waals surface area contributed by atoms with E-state index in [1.807, 2.05) is 0 Å². The van der Waals surface area contributed by atoms with Crippen LogP contribution in [0.5, 0.6) is 0 Å². The van der Waals surface area contributed by atoms with E-state index < -0.39 is 38.5 Å². The Balaban J connectivity index is 2.45. The van der Waals surface area contributed by atoms with Gasteiger partial charge < -0.3 is 15.6 Å². The van der Waals surface area contributed by atoms with Crippen molar-refractivity contribution >= 4 is 21.9 Å². The Bertz CT molecular complexity index is 639. The smallest absolute Gasteiger partial charge is 0.340 e. The van der Waals surface area contributed by atoms with Crippen LogP contribution in [0.2, 0.25) is 0 Å². The molecule has 0 saturated carbocycles. The topological polar surface area (TPSA) is 156 Å². The number of primary amides is 1. The predicted octanol–water partition coefficient (Wildman–Crippen LogP) is -2.02. The number of aromatic carboxylic acids is 1. The number of carbonyl (C=O) groups excluding carboxylic acids is 1. The number of H-pyrrole nitrogens is 1. The summed E-state index contributed by atoms with van der Waals surface area (Å²) in [6.07, 6.45) is 0.884. The number of rotatable bonds is 4. The second-order valence-electron chi connectivity index (χ2n) is 4.03. The SMILES string of the molecule is NC(=O)C1COCCN1S(=O)(=O)c1[nH]ncc1C(=O)O. The second-order valence-corrected chi connectivity index (χ2v) is 5.85. The van der Waals surface area contributed by atoms with Gasteiger partial charge in [-0.3, -0.25) is 9.89 Å². The van der Waals surface area contributed by atoms with Crippen LogP contribution in [-0.4, -0.2) is 65.7 Å². The summed E-state index contributed by atoms with van der Waals surface area (Å²) in [5.74, 6) is -2.31. The number of nitrogens with two attached hydrogens (primary N) is 1. The van der Waals surface area contributed by atoms with Crippen molar-refractivity contribution in [2.45, 2.75) is 11.1 Å². The maximum absolute atomic E-state index is 12.4. The minimum absolute atomic E-state index is 0.0829. The lowest BCUT2D eigenvalue weighted by molar-refractivity contribution is -0.125. The molecule has 1 fully saturated rings. The molecule has 1 atom stereocenters. The Morgan fingerprint density at radius 1 is 1.55 bits per heavy atom. The van der Waals surface area contributed by atoms with Crippen LogP contribution in [0, 0.1) is 0 Å². The normalized spacial score (nSPS) is 20.7. The van der Waals surface area contributed by atoms with Crippen molar-refractivity contribution in [2.75, 3.05) is 19.8 Å². The zero-order chi connectivity index (χ0) is 14.9. The van der Waals surface area contributed by atoms with Crippen LogP contribution >= 0.6 is 0 Å². The van der Waals surface area contributed by atoms with Crippen molar-refractivity contribution in [2.24, 2.45) is 5.73 Å². The van der Waals surface area contributed by atoms with E-state index in [9.17, 15) is 18.0 Å². The highest BCUT2D eigenvalue weighted by Gasteiger charge is 2.40. The molecule has 1 amide bonds. The summed E-state index contributed by atoms with van der Waals surface area (Å²) >= 11 is 0. The molecule has 2 heterocycles. The number of ether oxygens (including phenoxy) is 1. The summed E-state index contributed by atoms with van der Waals surface area (Å²) in [6.45, 7) is -0.196. The molecule has 1 saturated heterocycles. The molecule has 1 unspecified atom stereocenters. The first-order chi connectivity index (χ1) is 9.35. The maximum atomic E-state index is 12.4. The van der Waals surface area contributed by atoms with Crippen molar-refractivity contribution in [1.82, 2.24) is 14.5 Å². The molecule has 1 aliphatic rings. The number of sulfonamides is 1. The molecule has 4 N–H and O–H groups in total. The van der Waals surface area contributed by atoms with Gasteiger partial charge in [0.05, 0.1) is 19.4 Å². The third-order valence-corrected chi connectivity index (χ3v) is 4.69. The first kappa shape index (κ1) is 14.4. The number of carbonyl (C=O) groups is 2. The molecule has 0 aromatic carbocycles. The highest BCUT2D eigenvalue weighted by atomic mass is 32.2. The Hall–Kier alpha value is -1.98. The zero-order valence-electron chi connectivity index (χ0n) is 10.1. The summed E-state index contributed by atoms with van der Waals surface area (Å²) in [6, 6.07) is -1.18. The van der Waals surface area contributed by atoms with Gasteiger partial charge in [0.15, 0.2) is 5.03 Å². The number of hydrogen-bond acceptors (Lipinski definition) is 6. The number of carboxylic acids is 1. The molecular formula is C9H12N4O6S. The van der Waals surface area contributed by atoms with Gasteiger partial charge >= 0.3 is 5.97 Å². The van der Waals surface area contributed by atoms with Crippen molar-refractivity contribution in [3.05, 3.63) is 11.8 Å². The van der Waals surface area contributed by atoms with Gasteiger partial charge in [-0.2, -0.15) is 9.40 Å². The molecule has 0 spiro atoms. The molecule has 10 nitrogen and oxygen atoms in total. The summed E-state index contributed by atoms with van der Waals surface area (Å²) < 4.78 is 30.7. The van der Waals surface area contributed by atoms with E-state index in [0.29, 0.717) is 0 Å². The van der Waals surface area contributed by atoms with Gasteiger partial charge in [-0.1, -0.05) is 0 Å². The van der Waals surface area contributed by atoms with Crippen LogP contribution in [0.3, 0.4) is 0 Å². The third-order valence-electron chi connectivity index (χ3n) is 2.81. The van der Waals surface area contributed by atoms with Crippen molar-refractivity contribution < 1.29 is 27.9 Å². The molecule has 1 aromatic heterocycles. The molecular weight excluding hydrogens is 292 g/mol. The van der Waals surface area contributed by atoms with Gasteiger partial charge in [0.25, 0.3) is 10.0 Å². The lowest BCUT2D eigenvalue weighted by atomic mass is 10.3. The van der Waals surface area contributed by atoms with E-state index >= 15 is 0 Å². The maximum Gasteiger partial charge on any atom is 0.340 e. The summed E-state index contributed by atoms with van der Waals surface area (Å²) in [4.78, 5) is 22.3. The number of carboxylic acid groups (broad SMARTS) is 1. The number of hydrogen-bond donors (Lipinski definition) is 3. The van der Waals surface area contributed by atoms with E-state index in [1.54, 1.807) is 0 Å². The molecule has 1 aliphatic heterocycles. The molecule has 0 aliphatic carbocycles. The fraction of sp³-hybridized carbons (Fsp3) is 0.444. The van der Waals surface area contributed by atoms with E-state index in [0.717, 1.165) is 10.5 Å². The lowest BCUT2D eigenvalue weighted by Gasteiger charge is -2.32. The molecule has 1 aromatic rings. The molecule has 2 rings (SSSR count). The number of nitrogens with one attached hydrogen (secondary N) is 1. The number of morpholine rings is 1. The van der Waals surface area contributed by atoms with Gasteiger partial charge in [-0.05, 0) is 0 Å². The largest absolute Gasteiger partial charge is 0.478 e. The standard InChI is InChI=1S/C9H12N4O6S/c10-7(14)6-4-19-2-1-13(6)20(17,18)8-5(9(15)16)3-11-12-8/h3,6H,1-2,4H2,(H2,10,14)(H,11,12)(H,15,16). The average Bonchev–Trinajstić information content (AvgIpc) is 2.88. The number of aromatic amines is 1. The highest BCUT2D eigenvalue weighted by molar-refractivity contribution is 7.89. The van der Waals surface area contributed by atoms with Crippen LogP contribution in [0.1, 0.15) is 10.4 Å². The highest BCUT2D eigenvalue weighted by Crippen LogP contribution is 2.21. The van der Waals surface area contributed by atoms with Crippen molar-refractivity contribution in [3.63, 3.8) is 0 Å². The van der Waals surface area contributed by atoms with E-state index in [1.165, 1.54) is 0 Å². The Kier molecular flexibility index (Phi) is 3.74. The number of amides is 1. The first-order valence-corrected chi connectivity index (χ1v) is 6.95. The van der Waals surface area contributed by atoms with Gasteiger partial charge in [-0.25, -0.2) is 13.2 Å². The van der Waals surface area contributed by atoms with Crippen LogP contribution in [0.25, 0.3) is 0 Å². The fourth-order valence-corrected chi connectivity index (χ4v) is 3.48. The van der Waals surface area contributed by atoms with Gasteiger partial charge in [0.2, 0.25) is 5.91 Å². The van der Waals surface area contributed by atoms with Crippen LogP contribution in [-0.2, 0) is 19.6 Å². The van der Waals surface area contributed by atoms with Crippen LogP contribution in [0.15, 0.2) is 11.2 Å². The Labute approximate surface area is 113 Å². The molecule has 0 bridgehead atoms. The van der Waals surface area contributed by atoms with Gasteiger partial charge in [0.1, 0.15) is 11.6 Å². The molecule has 0 radical (unpaired) electrons. The number of nitrogens with zero attached hydrogens (tertiary/aromatic N) is 2. The number of aromatic nitrogens is 2. The monoisotopic (exact) mass is 304 g/mol. The summed E-state index contributed by atoms with van der Waals surface area (Å²) in [5, 5.41) is 13.9. The summed E-state index contributed by atoms with van der Waals surface area (Å²) in [7, 11) is -4.23. The van der Waals surface area contributed by atoms with E-state index in [4.69, 9.17) is 15.6 Å². The minimum Gasteiger partial charge on any atom is -0.478 e. The van der Waals surface area contributed by atoms with Gasteiger partial charge in [-0.15, -0.1) is 0 Å². The van der Waals surface area contributed by atoms with Crippen LogP contribution < -0.4 is 5.73 Å². The van der Waals surface area contributed by atoms with Crippen molar-refractivity contribution in [1.29, 1.82) is 0 Å². The lowest BCUT2D eigenvalue weighted by Crippen LogP contribution is -2.54. The quantitative estimate of drug-likeness (QED) is 0.579. The summed E-state index contributed by atoms with van der Waals surface area (Å²) in [5.41, 5.74) is 4.64. The first-order valence-electron chi connectivity index (χ1n) is 5.51. The molecule has 110 valence electrons. The van der Waals surface area contributed by atoms with E-state index in [2.05, 4.69) is 10.2 Å². The van der Waals surface area contributed by atoms with Crippen LogP contribution in [0.4, 0.5) is 0 Å². The third kappa shape index (κ3) is 2.37. The second kappa shape index (κ2) is 5.19. The fourth-order valence-electron chi connectivity index (χ4n) is 1.84.